The molecule has 1 saturated carbocycles. The maximum Gasteiger partial charge on any atom is 0.412 e. The molecule has 2 atom stereocenters. The Morgan fingerprint density at radius 1 is 1.28 bits per heavy atom. The highest BCUT2D eigenvalue weighted by atomic mass is 35.5. The molecule has 2 fully saturated rings. The molecule has 0 spiro atoms. The van der Waals surface area contributed by atoms with E-state index in [9.17, 15) is 24.0 Å². The molecule has 1 saturated heterocycles. The Balaban J connectivity index is 1.79. The van der Waals surface area contributed by atoms with Crippen molar-refractivity contribution in [1.82, 2.24) is 16.0 Å². The average Bonchev–Trinajstić information content (AvgIpc) is 3.33. The SMILES string of the molecule is CNC(=O)C(=O)C(C[C@@H]1CCNC1=O)NC(=O)c1cc(Cl)ccc1NC(=O)OC1(C)CC1. The van der Waals surface area contributed by atoms with Crippen LogP contribution in [0, 0.1) is 5.92 Å². The van der Waals surface area contributed by atoms with Gasteiger partial charge in [0.15, 0.2) is 0 Å². The molecule has 0 bridgehead atoms. The number of ether oxygens (including phenoxy) is 1. The summed E-state index contributed by atoms with van der Waals surface area (Å²) in [6.45, 7) is 2.26. The number of carbonyl (C=O) groups excluding carboxylic acids is 5. The van der Waals surface area contributed by atoms with Crippen LogP contribution >= 0.6 is 11.6 Å². The Morgan fingerprint density at radius 3 is 2.59 bits per heavy atom. The molecule has 4 amide bonds. The van der Waals surface area contributed by atoms with E-state index in [2.05, 4.69) is 21.3 Å². The minimum atomic E-state index is -1.24. The molecule has 4 N–H and O–H groups in total. The Labute approximate surface area is 189 Å². The van der Waals surface area contributed by atoms with Crippen LogP contribution in [-0.4, -0.2) is 54.8 Å². The third kappa shape index (κ3) is 5.76. The number of amides is 4. The van der Waals surface area contributed by atoms with Crippen molar-refractivity contribution in [2.75, 3.05) is 18.9 Å². The van der Waals surface area contributed by atoms with Crippen molar-refractivity contribution in [3.05, 3.63) is 28.8 Å². The second kappa shape index (κ2) is 9.56. The zero-order valence-corrected chi connectivity index (χ0v) is 18.5. The summed E-state index contributed by atoms with van der Waals surface area (Å²) in [6.07, 6.45) is 1.25. The zero-order valence-electron chi connectivity index (χ0n) is 17.7. The summed E-state index contributed by atoms with van der Waals surface area (Å²) >= 11 is 6.03. The van der Waals surface area contributed by atoms with Gasteiger partial charge in [0.1, 0.15) is 5.60 Å². The van der Waals surface area contributed by atoms with Gasteiger partial charge in [-0.2, -0.15) is 0 Å². The molecule has 1 unspecified atom stereocenters. The summed E-state index contributed by atoms with van der Waals surface area (Å²) in [6, 6.07) is 3.02. The second-order valence-electron chi connectivity index (χ2n) is 8.14. The van der Waals surface area contributed by atoms with Crippen molar-refractivity contribution in [1.29, 1.82) is 0 Å². The van der Waals surface area contributed by atoms with E-state index in [-0.39, 0.29) is 28.6 Å². The molecule has 0 radical (unpaired) electrons. The van der Waals surface area contributed by atoms with Crippen molar-refractivity contribution >= 4 is 46.9 Å². The lowest BCUT2D eigenvalue weighted by molar-refractivity contribution is -0.139. The van der Waals surface area contributed by atoms with E-state index in [1.54, 1.807) is 6.92 Å². The van der Waals surface area contributed by atoms with Gasteiger partial charge in [0.2, 0.25) is 11.7 Å². The number of halogens is 1. The molecule has 32 heavy (non-hydrogen) atoms. The fraction of sp³-hybridized carbons (Fsp3) is 0.476. The van der Waals surface area contributed by atoms with Crippen LogP contribution in [-0.2, 0) is 19.1 Å². The average molecular weight is 465 g/mol. The van der Waals surface area contributed by atoms with Crippen molar-refractivity contribution in [3.63, 3.8) is 0 Å². The monoisotopic (exact) mass is 464 g/mol. The lowest BCUT2D eigenvalue weighted by Crippen LogP contribution is -2.48. The molecule has 1 aromatic carbocycles. The summed E-state index contributed by atoms with van der Waals surface area (Å²) in [4.78, 5) is 61.7. The van der Waals surface area contributed by atoms with Gasteiger partial charge in [0.05, 0.1) is 17.3 Å². The molecule has 172 valence electrons. The first-order chi connectivity index (χ1) is 15.1. The Kier molecular flexibility index (Phi) is 7.02. The number of rotatable bonds is 8. The molecule has 3 rings (SSSR count). The van der Waals surface area contributed by atoms with E-state index in [4.69, 9.17) is 16.3 Å². The third-order valence-corrected chi connectivity index (χ3v) is 5.75. The minimum Gasteiger partial charge on any atom is -0.443 e. The Hall–Kier alpha value is -3.14. The van der Waals surface area contributed by atoms with Crippen LogP contribution < -0.4 is 21.3 Å². The van der Waals surface area contributed by atoms with Gasteiger partial charge in [-0.15, -0.1) is 0 Å². The molecule has 2 aliphatic rings. The summed E-state index contributed by atoms with van der Waals surface area (Å²) in [5.41, 5.74) is -0.391. The first kappa shape index (κ1) is 23.5. The van der Waals surface area contributed by atoms with Crippen molar-refractivity contribution in [2.24, 2.45) is 5.92 Å². The van der Waals surface area contributed by atoms with Gasteiger partial charge in [0, 0.05) is 24.5 Å². The third-order valence-electron chi connectivity index (χ3n) is 5.51. The number of ketones is 1. The Bertz CT molecular complexity index is 962. The first-order valence-corrected chi connectivity index (χ1v) is 10.6. The van der Waals surface area contributed by atoms with Gasteiger partial charge in [-0.25, -0.2) is 4.79 Å². The summed E-state index contributed by atoms with van der Waals surface area (Å²) in [5, 5.41) is 10.2. The Morgan fingerprint density at radius 2 is 2.00 bits per heavy atom. The van der Waals surface area contributed by atoms with Gasteiger partial charge in [-0.05, 0) is 50.8 Å². The van der Waals surface area contributed by atoms with Gasteiger partial charge < -0.3 is 20.7 Å². The minimum absolute atomic E-state index is 0.0130. The van der Waals surface area contributed by atoms with Gasteiger partial charge in [-0.1, -0.05) is 11.6 Å². The van der Waals surface area contributed by atoms with E-state index in [0.717, 1.165) is 12.8 Å². The van der Waals surface area contributed by atoms with Gasteiger partial charge >= 0.3 is 6.09 Å². The van der Waals surface area contributed by atoms with Gasteiger partial charge in [0.25, 0.3) is 11.8 Å². The lowest BCUT2D eigenvalue weighted by Gasteiger charge is -2.20. The maximum atomic E-state index is 13.0. The molecule has 11 heteroatoms. The van der Waals surface area contributed by atoms with Crippen LogP contribution in [0.1, 0.15) is 43.0 Å². The fourth-order valence-electron chi connectivity index (χ4n) is 3.35. The fourth-order valence-corrected chi connectivity index (χ4v) is 3.53. The largest absolute Gasteiger partial charge is 0.443 e. The lowest BCUT2D eigenvalue weighted by atomic mass is 9.95. The van der Waals surface area contributed by atoms with Crippen LogP contribution in [0.15, 0.2) is 18.2 Å². The molecule has 1 heterocycles. The normalized spacial score (nSPS) is 19.3. The van der Waals surface area contributed by atoms with E-state index in [1.165, 1.54) is 25.2 Å². The molecule has 1 aromatic rings. The highest BCUT2D eigenvalue weighted by molar-refractivity contribution is 6.38. The number of hydrogen-bond acceptors (Lipinski definition) is 6. The highest BCUT2D eigenvalue weighted by Gasteiger charge is 2.42. The summed E-state index contributed by atoms with van der Waals surface area (Å²) in [5.74, 6) is -3.26. The van der Waals surface area contributed by atoms with E-state index < -0.39 is 41.3 Å². The van der Waals surface area contributed by atoms with Crippen LogP contribution in [0.3, 0.4) is 0 Å². The molecule has 1 aliphatic heterocycles. The number of likely N-dealkylation sites (N-methyl/N-ethyl adjacent to an activating group) is 1. The number of anilines is 1. The predicted molar refractivity (Wildman–Crippen MR) is 115 cm³/mol. The highest BCUT2D eigenvalue weighted by Crippen LogP contribution is 2.39. The quantitative estimate of drug-likeness (QED) is 0.428. The van der Waals surface area contributed by atoms with Crippen LogP contribution in [0.2, 0.25) is 5.02 Å². The van der Waals surface area contributed by atoms with Crippen LogP contribution in [0.25, 0.3) is 0 Å². The molecular formula is C21H25ClN4O6. The van der Waals surface area contributed by atoms with E-state index >= 15 is 0 Å². The number of Topliss-reactive ketones (excluding diaryl/α,β-unsaturated/α-hetero) is 1. The first-order valence-electron chi connectivity index (χ1n) is 10.3. The number of benzene rings is 1. The standard InChI is InChI=1S/C21H25ClN4O6/c1-21(6-7-21)32-20(31)26-14-4-3-12(22)10-13(14)18(29)25-15(16(27)19(30)23-2)9-11-5-8-24-17(11)28/h3-4,10-11,15H,5-9H2,1-2H3,(H,23,30)(H,24,28)(H,25,29)(H,26,31)/t11-,15?/m0/s1. The van der Waals surface area contributed by atoms with Crippen LogP contribution in [0.4, 0.5) is 10.5 Å². The summed E-state index contributed by atoms with van der Waals surface area (Å²) < 4.78 is 5.32. The molecule has 0 aromatic heterocycles. The van der Waals surface area contributed by atoms with Gasteiger partial charge in [-0.3, -0.25) is 24.5 Å². The number of nitrogens with one attached hydrogen (secondary N) is 4. The molecule has 1 aliphatic carbocycles. The van der Waals surface area contributed by atoms with Crippen molar-refractivity contribution < 1.29 is 28.7 Å². The zero-order chi connectivity index (χ0) is 23.5. The maximum absolute atomic E-state index is 13.0. The number of carbonyl (C=O) groups is 5. The topological polar surface area (TPSA) is 143 Å². The van der Waals surface area contributed by atoms with Crippen molar-refractivity contribution in [3.8, 4) is 0 Å². The van der Waals surface area contributed by atoms with E-state index in [0.29, 0.717) is 13.0 Å². The van der Waals surface area contributed by atoms with Crippen LogP contribution in [0.5, 0.6) is 0 Å². The molecule has 10 nitrogen and oxygen atoms in total. The number of hydrogen-bond donors (Lipinski definition) is 4. The molecular weight excluding hydrogens is 440 g/mol. The second-order valence-corrected chi connectivity index (χ2v) is 8.57. The smallest absolute Gasteiger partial charge is 0.412 e. The predicted octanol–water partition coefficient (Wildman–Crippen LogP) is 1.38. The summed E-state index contributed by atoms with van der Waals surface area (Å²) in [7, 11) is 1.30. The van der Waals surface area contributed by atoms with Crippen molar-refractivity contribution in [2.45, 2.75) is 44.2 Å². The van der Waals surface area contributed by atoms with E-state index in [1.807, 2.05) is 0 Å².